The highest BCUT2D eigenvalue weighted by Gasteiger charge is 2.31. The topological polar surface area (TPSA) is 35.6 Å². The predicted molar refractivity (Wildman–Crippen MR) is 68.9 cm³/mol. The molecule has 98 valence electrons. The van der Waals surface area contributed by atoms with Gasteiger partial charge in [0.2, 0.25) is 5.91 Å². The van der Waals surface area contributed by atoms with Crippen molar-refractivity contribution in [2.45, 2.75) is 44.7 Å². The summed E-state index contributed by atoms with van der Waals surface area (Å²) in [6, 6.07) is 0.631. The number of likely N-dealkylation sites (tertiary alicyclic amines) is 2. The normalized spacial score (nSPS) is 28.0. The summed E-state index contributed by atoms with van der Waals surface area (Å²) in [6.07, 6.45) is 4.59. The SMILES string of the molecule is CCCN1CCC(NC2CCN(C)C2=O)CC1. The van der Waals surface area contributed by atoms with Crippen molar-refractivity contribution in [1.82, 2.24) is 15.1 Å². The van der Waals surface area contributed by atoms with E-state index in [-0.39, 0.29) is 11.9 Å². The lowest BCUT2D eigenvalue weighted by atomic mass is 10.0. The van der Waals surface area contributed by atoms with Crippen LogP contribution in [0.5, 0.6) is 0 Å². The highest BCUT2D eigenvalue weighted by Crippen LogP contribution is 2.15. The van der Waals surface area contributed by atoms with Crippen LogP contribution in [0.2, 0.25) is 0 Å². The first-order valence-corrected chi connectivity index (χ1v) is 6.94. The Hall–Kier alpha value is -0.610. The van der Waals surface area contributed by atoms with Gasteiger partial charge in [-0.05, 0) is 45.3 Å². The molecule has 17 heavy (non-hydrogen) atoms. The number of hydrogen-bond donors (Lipinski definition) is 1. The number of nitrogens with one attached hydrogen (secondary N) is 1. The van der Waals surface area contributed by atoms with Gasteiger partial charge in [0.25, 0.3) is 0 Å². The lowest BCUT2D eigenvalue weighted by molar-refractivity contribution is -0.128. The molecule has 2 heterocycles. The minimum atomic E-state index is 0.0859. The first-order chi connectivity index (χ1) is 8.20. The van der Waals surface area contributed by atoms with Gasteiger partial charge in [0.05, 0.1) is 6.04 Å². The van der Waals surface area contributed by atoms with Crippen LogP contribution in [0.4, 0.5) is 0 Å². The molecular weight excluding hydrogens is 214 g/mol. The van der Waals surface area contributed by atoms with Crippen LogP contribution in [0.1, 0.15) is 32.6 Å². The standard InChI is InChI=1S/C13H25N3O/c1-3-7-16-9-4-11(5-10-16)14-12-6-8-15(2)13(12)17/h11-12,14H,3-10H2,1-2H3. The molecule has 2 aliphatic rings. The lowest BCUT2D eigenvalue weighted by Gasteiger charge is -2.33. The smallest absolute Gasteiger partial charge is 0.239 e. The molecule has 0 bridgehead atoms. The minimum Gasteiger partial charge on any atom is -0.344 e. The van der Waals surface area contributed by atoms with Gasteiger partial charge in [-0.15, -0.1) is 0 Å². The van der Waals surface area contributed by atoms with E-state index in [1.54, 1.807) is 0 Å². The maximum Gasteiger partial charge on any atom is 0.239 e. The molecule has 0 spiro atoms. The van der Waals surface area contributed by atoms with Crippen LogP contribution in [0, 0.1) is 0 Å². The van der Waals surface area contributed by atoms with E-state index in [9.17, 15) is 4.79 Å². The molecule has 4 nitrogen and oxygen atoms in total. The summed E-state index contributed by atoms with van der Waals surface area (Å²) in [5.74, 6) is 0.279. The van der Waals surface area contributed by atoms with Crippen molar-refractivity contribution in [3.63, 3.8) is 0 Å². The fourth-order valence-corrected chi connectivity index (χ4v) is 2.90. The largest absolute Gasteiger partial charge is 0.344 e. The number of rotatable bonds is 4. The summed E-state index contributed by atoms with van der Waals surface area (Å²) in [6.45, 7) is 6.73. The van der Waals surface area contributed by atoms with Crippen LogP contribution < -0.4 is 5.32 Å². The molecular formula is C13H25N3O. The van der Waals surface area contributed by atoms with Gasteiger partial charge in [0, 0.05) is 19.6 Å². The second-order valence-electron chi connectivity index (χ2n) is 5.38. The number of hydrogen-bond acceptors (Lipinski definition) is 3. The van der Waals surface area contributed by atoms with E-state index in [4.69, 9.17) is 0 Å². The fourth-order valence-electron chi connectivity index (χ4n) is 2.90. The zero-order valence-electron chi connectivity index (χ0n) is 11.1. The van der Waals surface area contributed by atoms with Gasteiger partial charge >= 0.3 is 0 Å². The number of likely N-dealkylation sites (N-methyl/N-ethyl adjacent to an activating group) is 1. The third-order valence-electron chi connectivity index (χ3n) is 3.99. The van der Waals surface area contributed by atoms with E-state index in [1.165, 1.54) is 38.9 Å². The second kappa shape index (κ2) is 5.83. The van der Waals surface area contributed by atoms with Crippen LogP contribution in [0.15, 0.2) is 0 Å². The van der Waals surface area contributed by atoms with Crippen molar-refractivity contribution in [2.75, 3.05) is 33.2 Å². The van der Waals surface area contributed by atoms with E-state index in [1.807, 2.05) is 11.9 Å². The van der Waals surface area contributed by atoms with Gasteiger partial charge in [0.15, 0.2) is 0 Å². The third-order valence-corrected chi connectivity index (χ3v) is 3.99. The van der Waals surface area contributed by atoms with E-state index in [0.29, 0.717) is 6.04 Å². The van der Waals surface area contributed by atoms with Crippen LogP contribution in [-0.2, 0) is 4.79 Å². The Morgan fingerprint density at radius 1 is 1.24 bits per heavy atom. The van der Waals surface area contributed by atoms with Gasteiger partial charge in [-0.1, -0.05) is 6.92 Å². The molecule has 1 N–H and O–H groups in total. The summed E-state index contributed by atoms with van der Waals surface area (Å²) < 4.78 is 0. The second-order valence-corrected chi connectivity index (χ2v) is 5.38. The third kappa shape index (κ3) is 3.19. The molecule has 1 atom stereocenters. The molecule has 2 saturated heterocycles. The molecule has 2 fully saturated rings. The Kier molecular flexibility index (Phi) is 4.40. The van der Waals surface area contributed by atoms with E-state index in [2.05, 4.69) is 17.1 Å². The highest BCUT2D eigenvalue weighted by atomic mass is 16.2. The lowest BCUT2D eigenvalue weighted by Crippen LogP contribution is -2.48. The number of carbonyl (C=O) groups is 1. The number of nitrogens with zero attached hydrogens (tertiary/aromatic N) is 2. The predicted octanol–water partition coefficient (Wildman–Crippen LogP) is 0.681. The first-order valence-electron chi connectivity index (χ1n) is 6.94. The number of piperidine rings is 1. The van der Waals surface area contributed by atoms with Crippen molar-refractivity contribution in [3.05, 3.63) is 0 Å². The molecule has 0 aromatic carbocycles. The Balaban J connectivity index is 1.73. The van der Waals surface area contributed by atoms with Crippen LogP contribution in [0.3, 0.4) is 0 Å². The van der Waals surface area contributed by atoms with Crippen molar-refractivity contribution < 1.29 is 4.79 Å². The molecule has 1 unspecified atom stereocenters. The molecule has 1 amide bonds. The molecule has 0 saturated carbocycles. The summed E-state index contributed by atoms with van der Waals surface area (Å²) in [4.78, 5) is 16.2. The van der Waals surface area contributed by atoms with Crippen molar-refractivity contribution in [3.8, 4) is 0 Å². The first kappa shape index (κ1) is 12.8. The Morgan fingerprint density at radius 2 is 1.94 bits per heavy atom. The average molecular weight is 239 g/mol. The Labute approximate surface area is 104 Å². The van der Waals surface area contributed by atoms with Gasteiger partial charge in [-0.2, -0.15) is 0 Å². The molecule has 2 aliphatic heterocycles. The maximum atomic E-state index is 11.8. The Bertz CT molecular complexity index is 261. The van der Waals surface area contributed by atoms with Crippen molar-refractivity contribution in [2.24, 2.45) is 0 Å². The van der Waals surface area contributed by atoms with Gasteiger partial charge in [-0.25, -0.2) is 0 Å². The summed E-state index contributed by atoms with van der Waals surface area (Å²) in [7, 11) is 1.90. The zero-order valence-corrected chi connectivity index (χ0v) is 11.1. The van der Waals surface area contributed by atoms with Crippen molar-refractivity contribution >= 4 is 5.91 Å². The van der Waals surface area contributed by atoms with E-state index >= 15 is 0 Å². The molecule has 0 aromatic heterocycles. The van der Waals surface area contributed by atoms with Crippen LogP contribution in [0.25, 0.3) is 0 Å². The molecule has 4 heteroatoms. The summed E-state index contributed by atoms with van der Waals surface area (Å²) >= 11 is 0. The maximum absolute atomic E-state index is 11.8. The fraction of sp³-hybridized carbons (Fsp3) is 0.923. The monoisotopic (exact) mass is 239 g/mol. The average Bonchev–Trinajstić information content (AvgIpc) is 2.64. The minimum absolute atomic E-state index is 0.0859. The van der Waals surface area contributed by atoms with Crippen molar-refractivity contribution in [1.29, 1.82) is 0 Å². The molecule has 0 aromatic rings. The quantitative estimate of drug-likeness (QED) is 0.784. The van der Waals surface area contributed by atoms with Gasteiger partial charge < -0.3 is 15.1 Å². The van der Waals surface area contributed by atoms with Crippen LogP contribution >= 0.6 is 0 Å². The van der Waals surface area contributed by atoms with Crippen LogP contribution in [-0.4, -0.2) is 61.0 Å². The number of carbonyl (C=O) groups excluding carboxylic acids is 1. The zero-order chi connectivity index (χ0) is 12.3. The summed E-state index contributed by atoms with van der Waals surface area (Å²) in [5, 5.41) is 3.54. The Morgan fingerprint density at radius 3 is 2.47 bits per heavy atom. The molecule has 0 radical (unpaired) electrons. The van der Waals surface area contributed by atoms with Gasteiger partial charge in [0.1, 0.15) is 0 Å². The van der Waals surface area contributed by atoms with E-state index < -0.39 is 0 Å². The molecule has 2 rings (SSSR count). The highest BCUT2D eigenvalue weighted by molar-refractivity contribution is 5.83. The van der Waals surface area contributed by atoms with E-state index in [0.717, 1.165) is 13.0 Å². The van der Waals surface area contributed by atoms with Gasteiger partial charge in [-0.3, -0.25) is 4.79 Å². The number of amides is 1. The summed E-state index contributed by atoms with van der Waals surface area (Å²) in [5.41, 5.74) is 0. The molecule has 0 aliphatic carbocycles.